The lowest BCUT2D eigenvalue weighted by Crippen LogP contribution is -2.42. The Morgan fingerprint density at radius 1 is 1.29 bits per heavy atom. The van der Waals surface area contributed by atoms with Crippen molar-refractivity contribution in [3.05, 3.63) is 0 Å². The topological polar surface area (TPSA) is 78.4 Å². The van der Waals surface area contributed by atoms with Crippen molar-refractivity contribution in [2.75, 3.05) is 6.54 Å². The van der Waals surface area contributed by atoms with Gasteiger partial charge in [0.05, 0.1) is 6.10 Å². The van der Waals surface area contributed by atoms with E-state index in [1.165, 1.54) is 0 Å². The Kier molecular flexibility index (Phi) is 4.51. The van der Waals surface area contributed by atoms with E-state index in [1.54, 1.807) is 0 Å². The second kappa shape index (κ2) is 5.49. The van der Waals surface area contributed by atoms with Gasteiger partial charge >= 0.3 is 11.8 Å². The molecule has 0 saturated heterocycles. The highest BCUT2D eigenvalue weighted by atomic mass is 16.3. The lowest BCUT2D eigenvalue weighted by Gasteiger charge is -2.25. The third-order valence-corrected chi connectivity index (χ3v) is 2.82. The third kappa shape index (κ3) is 5.17. The molecule has 0 spiro atoms. The molecule has 1 fully saturated rings. The van der Waals surface area contributed by atoms with Crippen molar-refractivity contribution in [2.24, 2.45) is 5.41 Å². The summed E-state index contributed by atoms with van der Waals surface area (Å²) in [7, 11) is 0. The highest BCUT2D eigenvalue weighted by Gasteiger charge is 2.26. The summed E-state index contributed by atoms with van der Waals surface area (Å²) < 4.78 is 0. The Balaban J connectivity index is 2.17. The average Bonchev–Trinajstić information content (AvgIpc) is 2.99. The number of nitrogens with one attached hydrogen (secondary N) is 2. The van der Waals surface area contributed by atoms with Crippen LogP contribution in [0.25, 0.3) is 0 Å². The number of hydrogen-bond acceptors (Lipinski definition) is 3. The van der Waals surface area contributed by atoms with Gasteiger partial charge in [0.25, 0.3) is 0 Å². The van der Waals surface area contributed by atoms with Gasteiger partial charge in [-0.25, -0.2) is 0 Å². The van der Waals surface area contributed by atoms with Crippen molar-refractivity contribution in [3.63, 3.8) is 0 Å². The summed E-state index contributed by atoms with van der Waals surface area (Å²) in [5.74, 6) is -1.18. The van der Waals surface area contributed by atoms with Gasteiger partial charge in [0, 0.05) is 12.6 Å². The van der Waals surface area contributed by atoms with E-state index in [0.29, 0.717) is 13.0 Å². The Bertz CT molecular complexity index is 293. The van der Waals surface area contributed by atoms with Gasteiger partial charge in [0.15, 0.2) is 0 Å². The zero-order chi connectivity index (χ0) is 13.1. The number of rotatable bonds is 4. The Morgan fingerprint density at radius 2 is 1.88 bits per heavy atom. The monoisotopic (exact) mass is 242 g/mol. The molecular formula is C12H22N2O3. The van der Waals surface area contributed by atoms with Crippen LogP contribution < -0.4 is 10.6 Å². The second-order valence-corrected chi connectivity index (χ2v) is 5.67. The van der Waals surface area contributed by atoms with Gasteiger partial charge in [-0.2, -0.15) is 0 Å². The molecule has 1 aliphatic carbocycles. The minimum atomic E-state index is -0.613. The van der Waals surface area contributed by atoms with Crippen molar-refractivity contribution in [1.82, 2.24) is 10.6 Å². The lowest BCUT2D eigenvalue weighted by molar-refractivity contribution is -0.139. The molecule has 0 aromatic carbocycles. The minimum Gasteiger partial charge on any atom is -0.393 e. The molecule has 0 radical (unpaired) electrons. The van der Waals surface area contributed by atoms with E-state index in [-0.39, 0.29) is 11.5 Å². The molecule has 0 aromatic heterocycles. The van der Waals surface area contributed by atoms with Crippen LogP contribution in [0.2, 0.25) is 0 Å². The highest BCUT2D eigenvalue weighted by molar-refractivity contribution is 6.35. The zero-order valence-electron chi connectivity index (χ0n) is 10.7. The Hall–Kier alpha value is -1.10. The van der Waals surface area contributed by atoms with Crippen LogP contribution in [0.5, 0.6) is 0 Å². The molecule has 0 unspecified atom stereocenters. The molecule has 17 heavy (non-hydrogen) atoms. The fraction of sp³-hybridized carbons (Fsp3) is 0.833. The van der Waals surface area contributed by atoms with Crippen LogP contribution in [0.3, 0.4) is 0 Å². The van der Waals surface area contributed by atoms with Crippen LogP contribution in [0, 0.1) is 5.41 Å². The fourth-order valence-electron chi connectivity index (χ4n) is 1.31. The summed E-state index contributed by atoms with van der Waals surface area (Å²) in [5, 5.41) is 14.9. The van der Waals surface area contributed by atoms with Crippen molar-refractivity contribution in [2.45, 2.75) is 52.2 Å². The van der Waals surface area contributed by atoms with Gasteiger partial charge in [0.2, 0.25) is 0 Å². The van der Waals surface area contributed by atoms with Gasteiger partial charge in [-0.1, -0.05) is 20.8 Å². The van der Waals surface area contributed by atoms with E-state index in [9.17, 15) is 14.7 Å². The first-order valence-electron chi connectivity index (χ1n) is 6.07. The first kappa shape index (κ1) is 14.0. The Morgan fingerprint density at radius 3 is 2.35 bits per heavy atom. The highest BCUT2D eigenvalue weighted by Crippen LogP contribution is 2.21. The maximum Gasteiger partial charge on any atom is 0.309 e. The predicted octanol–water partition coefficient (Wildman–Crippen LogP) is 0.178. The molecule has 0 aromatic rings. The molecule has 0 heterocycles. The summed E-state index contributed by atoms with van der Waals surface area (Å²) in [4.78, 5) is 22.6. The maximum absolute atomic E-state index is 11.3. The van der Waals surface area contributed by atoms with Crippen molar-refractivity contribution >= 4 is 11.8 Å². The van der Waals surface area contributed by atoms with Crippen LogP contribution in [-0.4, -0.2) is 35.6 Å². The number of carbonyl (C=O) groups excluding carboxylic acids is 2. The number of amides is 2. The molecule has 1 rings (SSSR count). The van der Waals surface area contributed by atoms with Crippen molar-refractivity contribution in [1.29, 1.82) is 0 Å². The Labute approximate surface area is 102 Å². The smallest absolute Gasteiger partial charge is 0.309 e. The standard InChI is InChI=1S/C12H22N2O3/c1-12(2,3)9(15)6-7-13-10(16)11(17)14-8-4-5-8/h8-9,15H,4-7H2,1-3H3,(H,13,16)(H,14,17)/t9-/m1/s1. The van der Waals surface area contributed by atoms with Crippen LogP contribution in [0.1, 0.15) is 40.0 Å². The first-order valence-corrected chi connectivity index (χ1v) is 6.07. The maximum atomic E-state index is 11.3. The summed E-state index contributed by atoms with van der Waals surface area (Å²) in [6.45, 7) is 6.10. The predicted molar refractivity (Wildman–Crippen MR) is 64.3 cm³/mol. The van der Waals surface area contributed by atoms with E-state index in [0.717, 1.165) is 12.8 Å². The van der Waals surface area contributed by atoms with E-state index in [2.05, 4.69) is 10.6 Å². The number of carbonyl (C=O) groups is 2. The van der Waals surface area contributed by atoms with Gasteiger partial charge in [-0.15, -0.1) is 0 Å². The van der Waals surface area contributed by atoms with Crippen molar-refractivity contribution < 1.29 is 14.7 Å². The van der Waals surface area contributed by atoms with Crippen LogP contribution >= 0.6 is 0 Å². The molecular weight excluding hydrogens is 220 g/mol. The van der Waals surface area contributed by atoms with Crippen LogP contribution in [-0.2, 0) is 9.59 Å². The van der Waals surface area contributed by atoms with E-state index >= 15 is 0 Å². The van der Waals surface area contributed by atoms with Crippen LogP contribution in [0.4, 0.5) is 0 Å². The summed E-state index contributed by atoms with van der Waals surface area (Å²) in [5.41, 5.74) is -0.207. The van der Waals surface area contributed by atoms with E-state index in [4.69, 9.17) is 0 Å². The molecule has 5 heteroatoms. The van der Waals surface area contributed by atoms with Gasteiger partial charge in [-0.3, -0.25) is 9.59 Å². The van der Waals surface area contributed by atoms with Gasteiger partial charge in [0.1, 0.15) is 0 Å². The molecule has 3 N–H and O–H groups in total. The second-order valence-electron chi connectivity index (χ2n) is 5.67. The average molecular weight is 242 g/mol. The first-order chi connectivity index (χ1) is 7.80. The largest absolute Gasteiger partial charge is 0.393 e. The minimum absolute atomic E-state index is 0.188. The molecule has 98 valence electrons. The van der Waals surface area contributed by atoms with Crippen molar-refractivity contribution in [3.8, 4) is 0 Å². The zero-order valence-corrected chi connectivity index (χ0v) is 10.7. The summed E-state index contributed by atoms with van der Waals surface area (Å²) in [6, 6.07) is 0.188. The molecule has 0 bridgehead atoms. The number of aliphatic hydroxyl groups excluding tert-OH is 1. The third-order valence-electron chi connectivity index (χ3n) is 2.82. The quantitative estimate of drug-likeness (QED) is 0.615. The van der Waals surface area contributed by atoms with Crippen LogP contribution in [0.15, 0.2) is 0 Å². The molecule has 2 amide bonds. The SMILES string of the molecule is CC(C)(C)[C@H](O)CCNC(=O)C(=O)NC1CC1. The lowest BCUT2D eigenvalue weighted by atomic mass is 9.87. The summed E-state index contributed by atoms with van der Waals surface area (Å²) in [6.07, 6.45) is 1.88. The molecule has 1 aliphatic rings. The van der Waals surface area contributed by atoms with Gasteiger partial charge < -0.3 is 15.7 Å². The normalized spacial score (nSPS) is 17.4. The molecule has 5 nitrogen and oxygen atoms in total. The molecule has 1 atom stereocenters. The fourth-order valence-corrected chi connectivity index (χ4v) is 1.31. The molecule has 1 saturated carbocycles. The van der Waals surface area contributed by atoms with E-state index < -0.39 is 17.9 Å². The molecule has 0 aliphatic heterocycles. The number of aliphatic hydroxyl groups is 1. The van der Waals surface area contributed by atoms with E-state index in [1.807, 2.05) is 20.8 Å². The summed E-state index contributed by atoms with van der Waals surface area (Å²) >= 11 is 0. The van der Waals surface area contributed by atoms with Gasteiger partial charge in [-0.05, 0) is 24.7 Å². The number of hydrogen-bond donors (Lipinski definition) is 3.